The van der Waals surface area contributed by atoms with E-state index in [0.29, 0.717) is 5.75 Å². The van der Waals surface area contributed by atoms with Gasteiger partial charge in [0.15, 0.2) is 6.61 Å². The highest BCUT2D eigenvalue weighted by Gasteiger charge is 2.09. The van der Waals surface area contributed by atoms with Gasteiger partial charge < -0.3 is 4.74 Å². The number of hydrogen-bond acceptors (Lipinski definition) is 3. The molecular formula is C22H19N3O2. The van der Waals surface area contributed by atoms with E-state index in [1.165, 1.54) is 5.56 Å². The van der Waals surface area contributed by atoms with Crippen LogP contribution in [0.15, 0.2) is 85.2 Å². The lowest BCUT2D eigenvalue weighted by molar-refractivity contribution is -0.119. The van der Waals surface area contributed by atoms with Gasteiger partial charge in [0.2, 0.25) is 0 Å². The molecule has 4 rings (SSSR count). The van der Waals surface area contributed by atoms with Gasteiger partial charge >= 0.3 is 0 Å². The zero-order chi connectivity index (χ0) is 18.5. The van der Waals surface area contributed by atoms with E-state index in [9.17, 15) is 4.79 Å². The Morgan fingerprint density at radius 3 is 2.56 bits per heavy atom. The first-order chi connectivity index (χ1) is 13.3. The number of hydrogen-bond donors (Lipinski definition) is 1. The van der Waals surface area contributed by atoms with Gasteiger partial charge in [0.05, 0.1) is 11.0 Å². The second-order valence-corrected chi connectivity index (χ2v) is 6.20. The lowest BCUT2D eigenvalue weighted by atomic mass is 10.0. The van der Waals surface area contributed by atoms with E-state index in [1.807, 2.05) is 66.7 Å². The van der Waals surface area contributed by atoms with Crippen molar-refractivity contribution in [3.8, 4) is 5.75 Å². The molecule has 0 saturated heterocycles. The molecule has 1 heterocycles. The van der Waals surface area contributed by atoms with E-state index in [4.69, 9.17) is 4.74 Å². The maximum atomic E-state index is 12.3. The fourth-order valence-electron chi connectivity index (χ4n) is 2.96. The predicted molar refractivity (Wildman–Crippen MR) is 105 cm³/mol. The molecule has 0 atom stereocenters. The SMILES string of the molecule is O=C(COc1ccccc1Cc1ccccc1)Nn1cnc2ccccc21. The van der Waals surface area contributed by atoms with Crippen molar-refractivity contribution in [2.75, 3.05) is 12.0 Å². The van der Waals surface area contributed by atoms with Crippen molar-refractivity contribution >= 4 is 16.9 Å². The van der Waals surface area contributed by atoms with Gasteiger partial charge in [-0.05, 0) is 29.3 Å². The molecule has 4 aromatic rings. The average molecular weight is 357 g/mol. The maximum Gasteiger partial charge on any atom is 0.276 e. The zero-order valence-corrected chi connectivity index (χ0v) is 14.7. The fraction of sp³-hybridized carbons (Fsp3) is 0.0909. The Kier molecular flexibility index (Phi) is 4.83. The van der Waals surface area contributed by atoms with Gasteiger partial charge in [0.1, 0.15) is 12.1 Å². The molecule has 0 aliphatic heterocycles. The van der Waals surface area contributed by atoms with Crippen LogP contribution in [0.4, 0.5) is 0 Å². The molecule has 0 radical (unpaired) electrons. The smallest absolute Gasteiger partial charge is 0.276 e. The molecule has 5 heteroatoms. The number of amides is 1. The number of benzene rings is 3. The van der Waals surface area contributed by atoms with Crippen LogP contribution in [0.2, 0.25) is 0 Å². The summed E-state index contributed by atoms with van der Waals surface area (Å²) in [6.07, 6.45) is 2.34. The minimum atomic E-state index is -0.243. The molecule has 3 aromatic carbocycles. The lowest BCUT2D eigenvalue weighted by Crippen LogP contribution is -2.27. The molecule has 0 fully saturated rings. The summed E-state index contributed by atoms with van der Waals surface area (Å²) in [4.78, 5) is 16.6. The average Bonchev–Trinajstić information content (AvgIpc) is 3.11. The highest BCUT2D eigenvalue weighted by molar-refractivity contribution is 5.87. The van der Waals surface area contributed by atoms with Crippen molar-refractivity contribution < 1.29 is 9.53 Å². The lowest BCUT2D eigenvalue weighted by Gasteiger charge is -2.12. The van der Waals surface area contributed by atoms with Crippen molar-refractivity contribution in [2.24, 2.45) is 0 Å². The summed E-state index contributed by atoms with van der Waals surface area (Å²) in [5, 5.41) is 0. The van der Waals surface area contributed by atoms with Crippen LogP contribution >= 0.6 is 0 Å². The normalized spacial score (nSPS) is 10.7. The minimum absolute atomic E-state index is 0.0711. The van der Waals surface area contributed by atoms with Crippen LogP contribution in [0.25, 0.3) is 11.0 Å². The molecule has 1 aromatic heterocycles. The van der Waals surface area contributed by atoms with Gasteiger partial charge in [-0.2, -0.15) is 0 Å². The van der Waals surface area contributed by atoms with E-state index in [2.05, 4.69) is 22.5 Å². The quantitative estimate of drug-likeness (QED) is 0.571. The molecule has 5 nitrogen and oxygen atoms in total. The molecule has 0 aliphatic rings. The number of carbonyl (C=O) groups excluding carboxylic acids is 1. The van der Waals surface area contributed by atoms with Crippen molar-refractivity contribution in [1.82, 2.24) is 9.66 Å². The number of rotatable bonds is 6. The first-order valence-electron chi connectivity index (χ1n) is 8.76. The van der Waals surface area contributed by atoms with Crippen LogP contribution in [0, 0.1) is 0 Å². The molecule has 134 valence electrons. The van der Waals surface area contributed by atoms with Gasteiger partial charge in [-0.1, -0.05) is 60.7 Å². The Bertz CT molecular complexity index is 1060. The first kappa shape index (κ1) is 16.8. The van der Waals surface area contributed by atoms with Crippen molar-refractivity contribution in [3.05, 3.63) is 96.3 Å². The van der Waals surface area contributed by atoms with E-state index in [0.717, 1.165) is 23.0 Å². The summed E-state index contributed by atoms with van der Waals surface area (Å²) in [7, 11) is 0. The number of para-hydroxylation sites is 3. The van der Waals surface area contributed by atoms with Crippen LogP contribution in [0.5, 0.6) is 5.75 Å². The van der Waals surface area contributed by atoms with Crippen LogP contribution in [0.3, 0.4) is 0 Å². The van der Waals surface area contributed by atoms with Crippen LogP contribution in [0.1, 0.15) is 11.1 Å². The number of nitrogens with zero attached hydrogens (tertiary/aromatic N) is 2. The highest BCUT2D eigenvalue weighted by Crippen LogP contribution is 2.21. The predicted octanol–water partition coefficient (Wildman–Crippen LogP) is 3.78. The second-order valence-electron chi connectivity index (χ2n) is 6.20. The topological polar surface area (TPSA) is 56.1 Å². The van der Waals surface area contributed by atoms with E-state index in [-0.39, 0.29) is 12.5 Å². The van der Waals surface area contributed by atoms with Gasteiger partial charge in [-0.3, -0.25) is 10.2 Å². The molecule has 1 N–H and O–H groups in total. The number of carbonyl (C=O) groups is 1. The van der Waals surface area contributed by atoms with Crippen molar-refractivity contribution in [2.45, 2.75) is 6.42 Å². The third-order valence-electron chi connectivity index (χ3n) is 4.27. The summed E-state index contributed by atoms with van der Waals surface area (Å²) in [5.41, 5.74) is 6.71. The first-order valence-corrected chi connectivity index (χ1v) is 8.76. The van der Waals surface area contributed by atoms with Crippen molar-refractivity contribution in [3.63, 3.8) is 0 Å². The third kappa shape index (κ3) is 3.98. The highest BCUT2D eigenvalue weighted by atomic mass is 16.5. The molecule has 1 amide bonds. The number of aromatic nitrogens is 2. The summed E-state index contributed by atoms with van der Waals surface area (Å²) >= 11 is 0. The van der Waals surface area contributed by atoms with Crippen molar-refractivity contribution in [1.29, 1.82) is 0 Å². The molecule has 0 bridgehead atoms. The largest absolute Gasteiger partial charge is 0.483 e. The summed E-state index contributed by atoms with van der Waals surface area (Å²) < 4.78 is 7.39. The second kappa shape index (κ2) is 7.74. The fourth-order valence-corrected chi connectivity index (χ4v) is 2.96. The molecule has 0 saturated carbocycles. The zero-order valence-electron chi connectivity index (χ0n) is 14.7. The van der Waals surface area contributed by atoms with Crippen LogP contribution < -0.4 is 10.2 Å². The summed E-state index contributed by atoms with van der Waals surface area (Å²) in [6.45, 7) is -0.0711. The standard InChI is InChI=1S/C22H19N3O2/c26-22(24-25-16-23-19-11-5-6-12-20(19)25)15-27-21-13-7-4-10-18(21)14-17-8-2-1-3-9-17/h1-13,16H,14-15H2,(H,24,26). The van der Waals surface area contributed by atoms with E-state index < -0.39 is 0 Å². The minimum Gasteiger partial charge on any atom is -0.483 e. The Morgan fingerprint density at radius 1 is 0.926 bits per heavy atom. The number of nitrogens with one attached hydrogen (secondary N) is 1. The van der Waals surface area contributed by atoms with E-state index >= 15 is 0 Å². The molecule has 0 aliphatic carbocycles. The Hall–Kier alpha value is -3.60. The number of imidazole rings is 1. The monoisotopic (exact) mass is 357 g/mol. The maximum absolute atomic E-state index is 12.3. The third-order valence-corrected chi connectivity index (χ3v) is 4.27. The van der Waals surface area contributed by atoms with Gasteiger partial charge in [-0.15, -0.1) is 0 Å². The summed E-state index contributed by atoms with van der Waals surface area (Å²) in [5.74, 6) is 0.472. The van der Waals surface area contributed by atoms with Crippen LogP contribution in [-0.2, 0) is 11.2 Å². The van der Waals surface area contributed by atoms with Crippen LogP contribution in [-0.4, -0.2) is 22.2 Å². The molecule has 27 heavy (non-hydrogen) atoms. The van der Waals surface area contributed by atoms with Gasteiger partial charge in [0.25, 0.3) is 5.91 Å². The van der Waals surface area contributed by atoms with E-state index in [1.54, 1.807) is 11.0 Å². The number of ether oxygens (including phenoxy) is 1. The number of fused-ring (bicyclic) bond motifs is 1. The molecular weight excluding hydrogens is 338 g/mol. The van der Waals surface area contributed by atoms with Gasteiger partial charge in [0, 0.05) is 6.42 Å². The molecule has 0 unspecified atom stereocenters. The molecule has 0 spiro atoms. The Labute approximate surface area is 157 Å². The van der Waals surface area contributed by atoms with Gasteiger partial charge in [-0.25, -0.2) is 9.66 Å². The Balaban J connectivity index is 1.42. The summed E-state index contributed by atoms with van der Waals surface area (Å²) in [6, 6.07) is 25.6. The Morgan fingerprint density at radius 2 is 1.67 bits per heavy atom.